The van der Waals surface area contributed by atoms with Crippen LogP contribution in [0.25, 0.3) is 0 Å². The number of rotatable bonds is 10. The van der Waals surface area contributed by atoms with Crippen molar-refractivity contribution >= 4 is 39.5 Å². The van der Waals surface area contributed by atoms with E-state index in [1.165, 1.54) is 11.1 Å². The Morgan fingerprint density at radius 1 is 1.00 bits per heavy atom. The first-order valence-electron chi connectivity index (χ1n) is 13.6. The zero-order valence-electron chi connectivity index (χ0n) is 24.7. The molecule has 0 unspecified atom stereocenters. The molecule has 1 N–H and O–H groups in total. The van der Waals surface area contributed by atoms with Crippen LogP contribution in [0, 0.1) is 6.92 Å². The van der Waals surface area contributed by atoms with Crippen LogP contribution in [0.15, 0.2) is 46.9 Å². The van der Waals surface area contributed by atoms with Crippen LogP contribution < -0.4 is 10.2 Å². The first-order valence-corrected chi connectivity index (χ1v) is 14.4. The topological polar surface area (TPSA) is 85.4 Å². The van der Waals surface area contributed by atoms with E-state index < -0.39 is 11.7 Å². The lowest BCUT2D eigenvalue weighted by Gasteiger charge is -2.33. The van der Waals surface area contributed by atoms with E-state index in [9.17, 15) is 14.4 Å². The number of benzene rings is 2. The van der Waals surface area contributed by atoms with Crippen LogP contribution >= 0.6 is 15.9 Å². The molecular weight excluding hydrogens is 574 g/mol. The molecule has 0 bridgehead atoms. The maximum absolute atomic E-state index is 13.5. The Kier molecular flexibility index (Phi) is 10.7. The average Bonchev–Trinajstić information content (AvgIpc) is 3.29. The number of hydrogen-bond donors (Lipinski definition) is 1. The van der Waals surface area contributed by atoms with Crippen LogP contribution in [0.5, 0.6) is 0 Å². The molecule has 3 amide bonds. The largest absolute Gasteiger partial charge is 0.444 e. The number of aryl methyl sites for hydroxylation is 1. The van der Waals surface area contributed by atoms with Gasteiger partial charge >= 0.3 is 6.09 Å². The van der Waals surface area contributed by atoms with Gasteiger partial charge in [-0.05, 0) is 76.4 Å². The smallest absolute Gasteiger partial charge is 0.410 e. The maximum Gasteiger partial charge on any atom is 0.410 e. The molecule has 218 valence electrons. The lowest BCUT2D eigenvalue weighted by Crippen LogP contribution is -2.49. The minimum Gasteiger partial charge on any atom is -0.444 e. The summed E-state index contributed by atoms with van der Waals surface area (Å²) in [6, 6.07) is 13.8. The standard InChI is InChI=1S/C30H42BrN5O4/c1-21(2)35(29(39)40-30(4,5)6)14-15-36(26-13-12-25(31)16-22(26)3)28(38)18-32-17-27(37)33(7)34-19-23-10-8-9-11-24(23)20-34/h8-13,16,21,32H,14-15,17-20H2,1-7H3. The van der Waals surface area contributed by atoms with Crippen LogP contribution in [-0.2, 0) is 27.4 Å². The van der Waals surface area contributed by atoms with Crippen molar-refractivity contribution in [1.82, 2.24) is 20.2 Å². The summed E-state index contributed by atoms with van der Waals surface area (Å²) in [7, 11) is 1.76. The Bertz CT molecular complexity index is 1190. The number of hydrogen-bond acceptors (Lipinski definition) is 6. The number of carbonyl (C=O) groups excluding carboxylic acids is 3. The van der Waals surface area contributed by atoms with Crippen molar-refractivity contribution in [3.05, 3.63) is 63.6 Å². The van der Waals surface area contributed by atoms with Gasteiger partial charge in [0.2, 0.25) is 5.91 Å². The molecule has 40 heavy (non-hydrogen) atoms. The third-order valence-electron chi connectivity index (χ3n) is 6.73. The summed E-state index contributed by atoms with van der Waals surface area (Å²) in [6.07, 6.45) is -0.418. The number of ether oxygens (including phenoxy) is 1. The minimum absolute atomic E-state index is 0.0244. The number of likely N-dealkylation sites (N-methyl/N-ethyl adjacent to an activating group) is 1. The number of amides is 3. The van der Waals surface area contributed by atoms with Crippen molar-refractivity contribution in [2.45, 2.75) is 66.3 Å². The highest BCUT2D eigenvalue weighted by Gasteiger charge is 2.27. The Balaban J connectivity index is 1.64. The summed E-state index contributed by atoms with van der Waals surface area (Å²) >= 11 is 3.49. The van der Waals surface area contributed by atoms with E-state index in [1.54, 1.807) is 21.9 Å². The van der Waals surface area contributed by atoms with E-state index in [2.05, 4.69) is 33.4 Å². The Morgan fingerprint density at radius 2 is 1.60 bits per heavy atom. The zero-order chi connectivity index (χ0) is 29.6. The van der Waals surface area contributed by atoms with Gasteiger partial charge in [0, 0.05) is 49.4 Å². The van der Waals surface area contributed by atoms with Gasteiger partial charge in [-0.15, -0.1) is 0 Å². The molecule has 0 saturated heterocycles. The summed E-state index contributed by atoms with van der Waals surface area (Å²) in [4.78, 5) is 42.6. The fourth-order valence-corrected chi connectivity index (χ4v) is 5.04. The number of fused-ring (bicyclic) bond motifs is 1. The molecule has 0 aliphatic carbocycles. The molecule has 9 nitrogen and oxygen atoms in total. The van der Waals surface area contributed by atoms with E-state index >= 15 is 0 Å². The molecule has 0 saturated carbocycles. The normalized spacial score (nSPS) is 13.2. The highest BCUT2D eigenvalue weighted by molar-refractivity contribution is 9.10. The molecule has 0 radical (unpaired) electrons. The van der Waals surface area contributed by atoms with Crippen molar-refractivity contribution in [2.75, 3.05) is 38.1 Å². The molecule has 1 heterocycles. The number of nitrogens with zero attached hydrogens (tertiary/aromatic N) is 4. The molecule has 3 rings (SSSR count). The summed E-state index contributed by atoms with van der Waals surface area (Å²) in [5, 5.41) is 6.64. The predicted octanol–water partition coefficient (Wildman–Crippen LogP) is 4.71. The lowest BCUT2D eigenvalue weighted by atomic mass is 10.1. The quantitative estimate of drug-likeness (QED) is 0.416. The van der Waals surface area contributed by atoms with Crippen molar-refractivity contribution in [1.29, 1.82) is 0 Å². The van der Waals surface area contributed by atoms with E-state index in [0.29, 0.717) is 19.6 Å². The molecule has 1 aliphatic rings. The average molecular weight is 617 g/mol. The number of hydrazine groups is 1. The Labute approximate surface area is 246 Å². The highest BCUT2D eigenvalue weighted by Crippen LogP contribution is 2.25. The Morgan fingerprint density at radius 3 is 2.15 bits per heavy atom. The van der Waals surface area contributed by atoms with Crippen molar-refractivity contribution < 1.29 is 19.1 Å². The second kappa shape index (κ2) is 13.6. The van der Waals surface area contributed by atoms with E-state index in [4.69, 9.17) is 4.74 Å². The molecule has 0 aromatic heterocycles. The summed E-state index contributed by atoms with van der Waals surface area (Å²) < 4.78 is 6.51. The fourth-order valence-electron chi connectivity index (χ4n) is 4.56. The minimum atomic E-state index is -0.622. The van der Waals surface area contributed by atoms with E-state index in [-0.39, 0.29) is 37.5 Å². The van der Waals surface area contributed by atoms with E-state index in [0.717, 1.165) is 15.7 Å². The lowest BCUT2D eigenvalue weighted by molar-refractivity contribution is -0.145. The summed E-state index contributed by atoms with van der Waals surface area (Å²) in [5.74, 6) is -0.315. The third kappa shape index (κ3) is 8.52. The van der Waals surface area contributed by atoms with Gasteiger partial charge in [0.25, 0.3) is 5.91 Å². The number of carbonyl (C=O) groups is 3. The van der Waals surface area contributed by atoms with Crippen LogP contribution in [0.3, 0.4) is 0 Å². The monoisotopic (exact) mass is 615 g/mol. The molecule has 2 aromatic rings. The van der Waals surface area contributed by atoms with Gasteiger partial charge in [0.05, 0.1) is 13.1 Å². The van der Waals surface area contributed by atoms with Crippen molar-refractivity contribution in [3.63, 3.8) is 0 Å². The molecule has 2 aromatic carbocycles. The molecule has 0 atom stereocenters. The maximum atomic E-state index is 13.5. The molecule has 10 heteroatoms. The summed E-state index contributed by atoms with van der Waals surface area (Å²) in [6.45, 7) is 13.2. The first-order chi connectivity index (χ1) is 18.8. The first kappa shape index (κ1) is 31.6. The molecule has 1 aliphatic heterocycles. The number of halogens is 1. The van der Waals surface area contributed by atoms with Crippen LogP contribution in [0.2, 0.25) is 0 Å². The van der Waals surface area contributed by atoms with Gasteiger partial charge in [-0.3, -0.25) is 19.9 Å². The van der Waals surface area contributed by atoms with Crippen molar-refractivity contribution in [3.8, 4) is 0 Å². The fraction of sp³-hybridized carbons (Fsp3) is 0.500. The second-order valence-electron chi connectivity index (χ2n) is 11.4. The Hall–Kier alpha value is -2.95. The number of anilines is 1. The molecule has 0 spiro atoms. The zero-order valence-corrected chi connectivity index (χ0v) is 26.2. The molecular formula is C30H42BrN5O4. The van der Waals surface area contributed by atoms with Gasteiger partial charge in [0.15, 0.2) is 0 Å². The van der Waals surface area contributed by atoms with Gasteiger partial charge in [-0.25, -0.2) is 9.80 Å². The molecule has 0 fully saturated rings. The van der Waals surface area contributed by atoms with Gasteiger partial charge < -0.3 is 14.5 Å². The van der Waals surface area contributed by atoms with Crippen LogP contribution in [0.1, 0.15) is 51.3 Å². The van der Waals surface area contributed by atoms with E-state index in [1.807, 2.05) is 76.9 Å². The highest BCUT2D eigenvalue weighted by atomic mass is 79.9. The van der Waals surface area contributed by atoms with Crippen LogP contribution in [-0.4, -0.2) is 77.7 Å². The van der Waals surface area contributed by atoms with Gasteiger partial charge in [0.1, 0.15) is 5.60 Å². The number of nitrogens with one attached hydrogen (secondary N) is 1. The predicted molar refractivity (Wildman–Crippen MR) is 161 cm³/mol. The second-order valence-corrected chi connectivity index (χ2v) is 12.3. The third-order valence-corrected chi connectivity index (χ3v) is 7.22. The van der Waals surface area contributed by atoms with Gasteiger partial charge in [-0.2, -0.15) is 0 Å². The van der Waals surface area contributed by atoms with Gasteiger partial charge in [-0.1, -0.05) is 40.2 Å². The SMILES string of the molecule is Cc1cc(Br)ccc1N(CCN(C(=O)OC(C)(C)C)C(C)C)C(=O)CNCC(=O)N(C)N1Cc2ccccc2C1. The van der Waals surface area contributed by atoms with Crippen molar-refractivity contribution in [2.24, 2.45) is 0 Å². The summed E-state index contributed by atoms with van der Waals surface area (Å²) in [5.41, 5.74) is 3.48. The van der Waals surface area contributed by atoms with Crippen LogP contribution in [0.4, 0.5) is 10.5 Å².